The van der Waals surface area contributed by atoms with Gasteiger partial charge in [0.05, 0.1) is 24.8 Å². The number of carboxylic acid groups (broad SMARTS) is 1. The van der Waals surface area contributed by atoms with Gasteiger partial charge in [0, 0.05) is 6.20 Å². The van der Waals surface area contributed by atoms with Gasteiger partial charge < -0.3 is 15.2 Å². The molecule has 0 aliphatic carbocycles. The molecule has 2 atom stereocenters. The van der Waals surface area contributed by atoms with Crippen molar-refractivity contribution in [2.45, 2.75) is 13.0 Å². The van der Waals surface area contributed by atoms with Crippen LogP contribution in [0, 0.1) is 24.2 Å². The largest absolute Gasteiger partial charge is 0.481 e. The van der Waals surface area contributed by atoms with Gasteiger partial charge >= 0.3 is 5.97 Å². The molecule has 0 saturated carbocycles. The van der Waals surface area contributed by atoms with Crippen LogP contribution in [0.3, 0.4) is 0 Å². The van der Waals surface area contributed by atoms with Gasteiger partial charge in [-0.2, -0.15) is 5.26 Å². The summed E-state index contributed by atoms with van der Waals surface area (Å²) in [4.78, 5) is 15.1. The fraction of sp³-hybridized carbons (Fsp3) is 0.417. The summed E-state index contributed by atoms with van der Waals surface area (Å²) in [5.74, 6) is -1.10. The average molecular weight is 247 g/mol. The molecular weight excluding hydrogens is 234 g/mol. The first-order valence-electron chi connectivity index (χ1n) is 5.56. The summed E-state index contributed by atoms with van der Waals surface area (Å²) in [7, 11) is 0. The molecule has 0 amide bonds. The summed E-state index contributed by atoms with van der Waals surface area (Å²) >= 11 is 0. The second kappa shape index (κ2) is 5.02. The van der Waals surface area contributed by atoms with E-state index in [0.717, 1.165) is 5.56 Å². The molecule has 6 heteroatoms. The minimum Gasteiger partial charge on any atom is -0.481 e. The zero-order valence-corrected chi connectivity index (χ0v) is 9.88. The molecule has 18 heavy (non-hydrogen) atoms. The van der Waals surface area contributed by atoms with Crippen LogP contribution < -0.4 is 5.32 Å². The summed E-state index contributed by atoms with van der Waals surface area (Å²) in [6.07, 6.45) is 1.59. The molecule has 1 aromatic rings. The van der Waals surface area contributed by atoms with Gasteiger partial charge in [0.15, 0.2) is 0 Å². The fourth-order valence-electron chi connectivity index (χ4n) is 1.92. The lowest BCUT2D eigenvalue weighted by Gasteiger charge is -2.17. The summed E-state index contributed by atoms with van der Waals surface area (Å²) in [6.45, 7) is 2.30. The highest BCUT2D eigenvalue weighted by Gasteiger charge is 2.34. The van der Waals surface area contributed by atoms with E-state index in [1.165, 1.54) is 0 Å². The Morgan fingerprint density at radius 2 is 2.44 bits per heavy atom. The Bertz CT molecular complexity index is 510. The average Bonchev–Trinajstić information content (AvgIpc) is 2.77. The number of pyridine rings is 1. The summed E-state index contributed by atoms with van der Waals surface area (Å²) in [5, 5.41) is 21.1. The van der Waals surface area contributed by atoms with E-state index in [1.807, 2.05) is 6.92 Å². The molecule has 6 nitrogen and oxygen atoms in total. The van der Waals surface area contributed by atoms with Crippen molar-refractivity contribution in [3.63, 3.8) is 0 Å². The molecule has 94 valence electrons. The van der Waals surface area contributed by atoms with Crippen LogP contribution in [0.4, 0.5) is 5.82 Å². The third-order valence-electron chi connectivity index (χ3n) is 2.99. The Kier molecular flexibility index (Phi) is 3.44. The van der Waals surface area contributed by atoms with Crippen molar-refractivity contribution in [3.8, 4) is 6.07 Å². The molecule has 0 aromatic carbocycles. The number of hydrogen-bond acceptors (Lipinski definition) is 5. The Morgan fingerprint density at radius 1 is 1.67 bits per heavy atom. The topological polar surface area (TPSA) is 95.2 Å². The van der Waals surface area contributed by atoms with E-state index in [1.54, 1.807) is 12.3 Å². The number of carboxylic acids is 1. The van der Waals surface area contributed by atoms with Crippen molar-refractivity contribution < 1.29 is 14.6 Å². The third kappa shape index (κ3) is 2.26. The van der Waals surface area contributed by atoms with Crippen LogP contribution in [0.5, 0.6) is 0 Å². The quantitative estimate of drug-likeness (QED) is 0.819. The lowest BCUT2D eigenvalue weighted by molar-refractivity contribution is -0.141. The number of nitrogens with zero attached hydrogens (tertiary/aromatic N) is 2. The van der Waals surface area contributed by atoms with Crippen LogP contribution in [-0.2, 0) is 9.53 Å². The molecule has 2 unspecified atom stereocenters. The highest BCUT2D eigenvalue weighted by molar-refractivity contribution is 5.72. The zero-order valence-electron chi connectivity index (χ0n) is 9.88. The number of anilines is 1. The predicted octanol–water partition coefficient (Wildman–Crippen LogP) is 0.773. The standard InChI is InChI=1S/C12H13N3O3/c1-7-2-3-14-11(8(7)4-13)15-10-6-18-5-9(10)12(16)17/h2-3,9-10H,5-6H2,1H3,(H,14,15)(H,16,17). The number of nitriles is 1. The Labute approximate surface area is 104 Å². The molecule has 1 aliphatic heterocycles. The fourth-order valence-corrected chi connectivity index (χ4v) is 1.92. The van der Waals surface area contributed by atoms with Gasteiger partial charge in [-0.05, 0) is 18.6 Å². The SMILES string of the molecule is Cc1ccnc(NC2COCC2C(=O)O)c1C#N. The van der Waals surface area contributed by atoms with Crippen LogP contribution in [0.1, 0.15) is 11.1 Å². The Hall–Kier alpha value is -2.13. The first kappa shape index (κ1) is 12.3. The number of ether oxygens (including phenoxy) is 1. The minimum atomic E-state index is -0.906. The maximum Gasteiger partial charge on any atom is 0.311 e. The molecule has 0 spiro atoms. The molecule has 2 heterocycles. The van der Waals surface area contributed by atoms with E-state index >= 15 is 0 Å². The van der Waals surface area contributed by atoms with Crippen LogP contribution in [0.25, 0.3) is 0 Å². The van der Waals surface area contributed by atoms with E-state index in [4.69, 9.17) is 15.1 Å². The number of hydrogen-bond donors (Lipinski definition) is 2. The Balaban J connectivity index is 2.22. The van der Waals surface area contributed by atoms with Crippen molar-refractivity contribution >= 4 is 11.8 Å². The van der Waals surface area contributed by atoms with Gasteiger partial charge in [-0.3, -0.25) is 4.79 Å². The van der Waals surface area contributed by atoms with Gasteiger partial charge in [0.2, 0.25) is 0 Å². The van der Waals surface area contributed by atoms with E-state index in [-0.39, 0.29) is 12.6 Å². The van der Waals surface area contributed by atoms with Gasteiger partial charge in [-0.15, -0.1) is 0 Å². The maximum atomic E-state index is 11.0. The smallest absolute Gasteiger partial charge is 0.311 e. The van der Waals surface area contributed by atoms with Crippen LogP contribution in [0.2, 0.25) is 0 Å². The molecule has 1 aromatic heterocycles. The number of aryl methyl sites for hydroxylation is 1. The molecular formula is C12H13N3O3. The molecule has 1 saturated heterocycles. The highest BCUT2D eigenvalue weighted by atomic mass is 16.5. The lowest BCUT2D eigenvalue weighted by Crippen LogP contribution is -2.33. The number of aromatic nitrogens is 1. The van der Waals surface area contributed by atoms with Gasteiger partial charge in [0.1, 0.15) is 17.8 Å². The van der Waals surface area contributed by atoms with E-state index in [9.17, 15) is 4.79 Å². The highest BCUT2D eigenvalue weighted by Crippen LogP contribution is 2.21. The van der Waals surface area contributed by atoms with Gasteiger partial charge in [0.25, 0.3) is 0 Å². The van der Waals surface area contributed by atoms with E-state index in [2.05, 4.69) is 16.4 Å². The lowest BCUT2D eigenvalue weighted by atomic mass is 10.0. The number of rotatable bonds is 3. The summed E-state index contributed by atoms with van der Waals surface area (Å²) < 4.78 is 5.15. The van der Waals surface area contributed by atoms with E-state index < -0.39 is 11.9 Å². The molecule has 0 radical (unpaired) electrons. The minimum absolute atomic E-state index is 0.181. The number of carbonyl (C=O) groups is 1. The Morgan fingerprint density at radius 3 is 3.11 bits per heavy atom. The first-order valence-corrected chi connectivity index (χ1v) is 5.56. The van der Waals surface area contributed by atoms with Crippen LogP contribution in [-0.4, -0.2) is 35.3 Å². The van der Waals surface area contributed by atoms with Crippen molar-refractivity contribution in [2.75, 3.05) is 18.5 Å². The molecule has 2 rings (SSSR count). The van der Waals surface area contributed by atoms with Crippen molar-refractivity contribution in [1.29, 1.82) is 5.26 Å². The molecule has 1 aliphatic rings. The van der Waals surface area contributed by atoms with Crippen molar-refractivity contribution in [2.24, 2.45) is 5.92 Å². The molecule has 1 fully saturated rings. The van der Waals surface area contributed by atoms with Crippen LogP contribution in [0.15, 0.2) is 12.3 Å². The predicted molar refractivity (Wildman–Crippen MR) is 63.0 cm³/mol. The number of aliphatic carboxylic acids is 1. The normalized spacial score (nSPS) is 22.4. The monoisotopic (exact) mass is 247 g/mol. The second-order valence-electron chi connectivity index (χ2n) is 4.20. The van der Waals surface area contributed by atoms with E-state index in [0.29, 0.717) is 18.0 Å². The molecule has 0 bridgehead atoms. The first-order chi connectivity index (χ1) is 8.63. The maximum absolute atomic E-state index is 11.0. The second-order valence-corrected chi connectivity index (χ2v) is 4.20. The summed E-state index contributed by atoms with van der Waals surface area (Å²) in [6, 6.07) is 3.45. The van der Waals surface area contributed by atoms with Gasteiger partial charge in [-0.25, -0.2) is 4.98 Å². The van der Waals surface area contributed by atoms with Crippen LogP contribution >= 0.6 is 0 Å². The van der Waals surface area contributed by atoms with Crippen molar-refractivity contribution in [3.05, 3.63) is 23.4 Å². The summed E-state index contributed by atoms with van der Waals surface area (Å²) in [5.41, 5.74) is 1.24. The zero-order chi connectivity index (χ0) is 13.1. The number of nitrogens with one attached hydrogen (secondary N) is 1. The third-order valence-corrected chi connectivity index (χ3v) is 2.99. The van der Waals surface area contributed by atoms with Gasteiger partial charge in [-0.1, -0.05) is 0 Å². The molecule has 2 N–H and O–H groups in total. The van der Waals surface area contributed by atoms with Crippen molar-refractivity contribution in [1.82, 2.24) is 4.98 Å².